The Kier molecular flexibility index (Phi) is 8.54. The molecule has 0 aromatic heterocycles. The summed E-state index contributed by atoms with van der Waals surface area (Å²) in [5, 5.41) is 5.44. The molecule has 8 heteroatoms. The first-order valence-corrected chi connectivity index (χ1v) is 10.00. The van der Waals surface area contributed by atoms with Crippen molar-refractivity contribution in [2.24, 2.45) is 0 Å². The van der Waals surface area contributed by atoms with E-state index in [9.17, 15) is 14.4 Å². The summed E-state index contributed by atoms with van der Waals surface area (Å²) >= 11 is 1.21. The van der Waals surface area contributed by atoms with E-state index in [2.05, 4.69) is 10.6 Å². The standard InChI is InChI=1S/C21H24N2O5S/c1-14(2)22-19(24)12-28-21(26)17-9-4-5-10-18(17)29-13-20(25)23-15-7-6-8-16(11-15)27-3/h4-11,14H,12-13H2,1-3H3,(H,22,24)(H,23,25). The van der Waals surface area contributed by atoms with Gasteiger partial charge in [0.15, 0.2) is 6.61 Å². The van der Waals surface area contributed by atoms with Crippen molar-refractivity contribution in [3.05, 3.63) is 54.1 Å². The first-order valence-electron chi connectivity index (χ1n) is 9.01. The molecule has 0 saturated carbocycles. The Morgan fingerprint density at radius 2 is 1.79 bits per heavy atom. The van der Waals surface area contributed by atoms with Gasteiger partial charge in [-0.15, -0.1) is 11.8 Å². The zero-order valence-electron chi connectivity index (χ0n) is 16.6. The molecular weight excluding hydrogens is 392 g/mol. The van der Waals surface area contributed by atoms with Gasteiger partial charge in [0.1, 0.15) is 5.75 Å². The van der Waals surface area contributed by atoms with Gasteiger partial charge in [0.25, 0.3) is 5.91 Å². The Morgan fingerprint density at radius 3 is 2.52 bits per heavy atom. The molecule has 29 heavy (non-hydrogen) atoms. The largest absolute Gasteiger partial charge is 0.497 e. The van der Waals surface area contributed by atoms with Crippen LogP contribution in [0.25, 0.3) is 0 Å². The van der Waals surface area contributed by atoms with Crippen LogP contribution >= 0.6 is 11.8 Å². The van der Waals surface area contributed by atoms with Gasteiger partial charge >= 0.3 is 5.97 Å². The minimum atomic E-state index is -0.611. The van der Waals surface area contributed by atoms with Gasteiger partial charge in [-0.1, -0.05) is 18.2 Å². The Bertz CT molecular complexity index is 870. The van der Waals surface area contributed by atoms with Crippen LogP contribution in [0.3, 0.4) is 0 Å². The van der Waals surface area contributed by atoms with Crippen LogP contribution in [0, 0.1) is 0 Å². The maximum Gasteiger partial charge on any atom is 0.339 e. The fraction of sp³-hybridized carbons (Fsp3) is 0.286. The number of thioether (sulfide) groups is 1. The highest BCUT2D eigenvalue weighted by Crippen LogP contribution is 2.24. The summed E-state index contributed by atoms with van der Waals surface area (Å²) < 4.78 is 10.2. The van der Waals surface area contributed by atoms with E-state index in [1.54, 1.807) is 55.6 Å². The van der Waals surface area contributed by atoms with Crippen molar-refractivity contribution in [1.82, 2.24) is 5.32 Å². The third kappa shape index (κ3) is 7.50. The Hall–Kier alpha value is -3.00. The molecule has 2 aromatic carbocycles. The zero-order valence-corrected chi connectivity index (χ0v) is 17.4. The SMILES string of the molecule is COc1cccc(NC(=O)CSc2ccccc2C(=O)OCC(=O)NC(C)C)c1. The molecule has 0 aliphatic heterocycles. The van der Waals surface area contributed by atoms with Crippen molar-refractivity contribution >= 4 is 35.2 Å². The van der Waals surface area contributed by atoms with Crippen LogP contribution in [0.4, 0.5) is 5.69 Å². The number of methoxy groups -OCH3 is 1. The summed E-state index contributed by atoms with van der Waals surface area (Å²) in [7, 11) is 1.55. The summed E-state index contributed by atoms with van der Waals surface area (Å²) in [6.07, 6.45) is 0. The fourth-order valence-electron chi connectivity index (χ4n) is 2.37. The Balaban J connectivity index is 1.93. The van der Waals surface area contributed by atoms with Crippen LogP contribution in [0.1, 0.15) is 24.2 Å². The molecule has 0 fully saturated rings. The lowest BCUT2D eigenvalue weighted by molar-refractivity contribution is -0.124. The number of esters is 1. The second kappa shape index (κ2) is 11.1. The highest BCUT2D eigenvalue weighted by molar-refractivity contribution is 8.00. The summed E-state index contributed by atoms with van der Waals surface area (Å²) in [6, 6.07) is 13.8. The van der Waals surface area contributed by atoms with Crippen molar-refractivity contribution in [3.63, 3.8) is 0 Å². The van der Waals surface area contributed by atoms with Crippen molar-refractivity contribution in [2.45, 2.75) is 24.8 Å². The molecule has 7 nitrogen and oxygen atoms in total. The monoisotopic (exact) mass is 416 g/mol. The first-order chi connectivity index (χ1) is 13.9. The number of ether oxygens (including phenoxy) is 2. The van der Waals surface area contributed by atoms with E-state index in [1.165, 1.54) is 11.8 Å². The van der Waals surface area contributed by atoms with E-state index < -0.39 is 5.97 Å². The number of benzene rings is 2. The fourth-order valence-corrected chi connectivity index (χ4v) is 3.22. The van der Waals surface area contributed by atoms with Crippen molar-refractivity contribution in [2.75, 3.05) is 24.8 Å². The van der Waals surface area contributed by atoms with Gasteiger partial charge in [-0.05, 0) is 38.1 Å². The van der Waals surface area contributed by atoms with Gasteiger partial charge in [0, 0.05) is 22.7 Å². The van der Waals surface area contributed by atoms with E-state index in [-0.39, 0.29) is 30.2 Å². The smallest absolute Gasteiger partial charge is 0.339 e. The maximum absolute atomic E-state index is 12.3. The number of anilines is 1. The molecule has 2 N–H and O–H groups in total. The van der Waals surface area contributed by atoms with Crippen LogP contribution in [0.15, 0.2) is 53.4 Å². The molecule has 0 spiro atoms. The number of nitrogens with one attached hydrogen (secondary N) is 2. The predicted molar refractivity (Wildman–Crippen MR) is 112 cm³/mol. The number of hydrogen-bond acceptors (Lipinski definition) is 6. The van der Waals surface area contributed by atoms with E-state index in [0.29, 0.717) is 21.9 Å². The lowest BCUT2D eigenvalue weighted by atomic mass is 10.2. The number of carbonyl (C=O) groups excluding carboxylic acids is 3. The van der Waals surface area contributed by atoms with Crippen LogP contribution in [0.2, 0.25) is 0 Å². The second-order valence-electron chi connectivity index (χ2n) is 6.36. The van der Waals surface area contributed by atoms with Crippen LogP contribution < -0.4 is 15.4 Å². The minimum Gasteiger partial charge on any atom is -0.497 e. The number of rotatable bonds is 9. The van der Waals surface area contributed by atoms with Crippen molar-refractivity contribution in [3.8, 4) is 5.75 Å². The molecule has 0 atom stereocenters. The molecule has 0 unspecified atom stereocenters. The average Bonchev–Trinajstić information content (AvgIpc) is 2.70. The van der Waals surface area contributed by atoms with E-state index in [0.717, 1.165) is 0 Å². The molecule has 2 amide bonds. The number of amides is 2. The molecule has 0 radical (unpaired) electrons. The van der Waals surface area contributed by atoms with Gasteiger partial charge < -0.3 is 20.1 Å². The first kappa shape index (κ1) is 22.3. The number of hydrogen-bond donors (Lipinski definition) is 2. The molecule has 0 bridgehead atoms. The molecule has 154 valence electrons. The molecule has 0 aliphatic rings. The number of carbonyl (C=O) groups is 3. The topological polar surface area (TPSA) is 93.7 Å². The highest BCUT2D eigenvalue weighted by atomic mass is 32.2. The molecule has 2 aromatic rings. The quantitative estimate of drug-likeness (QED) is 0.482. The van der Waals surface area contributed by atoms with Gasteiger partial charge in [-0.25, -0.2) is 4.79 Å². The van der Waals surface area contributed by atoms with Crippen LogP contribution in [-0.4, -0.2) is 43.3 Å². The molecular formula is C21H24N2O5S. The average molecular weight is 416 g/mol. The van der Waals surface area contributed by atoms with E-state index >= 15 is 0 Å². The molecule has 0 aliphatic carbocycles. The van der Waals surface area contributed by atoms with E-state index in [1.807, 2.05) is 13.8 Å². The second-order valence-corrected chi connectivity index (χ2v) is 7.38. The normalized spacial score (nSPS) is 10.3. The van der Waals surface area contributed by atoms with Crippen LogP contribution in [-0.2, 0) is 14.3 Å². The Labute approximate surface area is 174 Å². The molecule has 0 heterocycles. The van der Waals surface area contributed by atoms with Gasteiger partial charge in [0.2, 0.25) is 5.91 Å². The van der Waals surface area contributed by atoms with E-state index in [4.69, 9.17) is 9.47 Å². The minimum absolute atomic E-state index is 0.0351. The molecule has 2 rings (SSSR count). The third-order valence-electron chi connectivity index (χ3n) is 3.60. The Morgan fingerprint density at radius 1 is 1.03 bits per heavy atom. The maximum atomic E-state index is 12.3. The lowest BCUT2D eigenvalue weighted by Crippen LogP contribution is -2.34. The van der Waals surface area contributed by atoms with Crippen LogP contribution in [0.5, 0.6) is 5.75 Å². The van der Waals surface area contributed by atoms with Gasteiger partial charge in [0.05, 0.1) is 18.4 Å². The zero-order chi connectivity index (χ0) is 21.2. The predicted octanol–water partition coefficient (Wildman–Crippen LogP) is 3.11. The third-order valence-corrected chi connectivity index (χ3v) is 4.68. The summed E-state index contributed by atoms with van der Waals surface area (Å²) in [5.41, 5.74) is 0.933. The lowest BCUT2D eigenvalue weighted by Gasteiger charge is -2.11. The summed E-state index contributed by atoms with van der Waals surface area (Å²) in [4.78, 5) is 36.8. The summed E-state index contributed by atoms with van der Waals surface area (Å²) in [5.74, 6) is -0.445. The van der Waals surface area contributed by atoms with Gasteiger partial charge in [-0.3, -0.25) is 9.59 Å². The molecule has 0 saturated heterocycles. The van der Waals surface area contributed by atoms with Crippen molar-refractivity contribution < 1.29 is 23.9 Å². The summed E-state index contributed by atoms with van der Waals surface area (Å²) in [6.45, 7) is 3.29. The van der Waals surface area contributed by atoms with Gasteiger partial charge in [-0.2, -0.15) is 0 Å². The highest BCUT2D eigenvalue weighted by Gasteiger charge is 2.16. The van der Waals surface area contributed by atoms with Crippen molar-refractivity contribution in [1.29, 1.82) is 0 Å².